The van der Waals surface area contributed by atoms with Gasteiger partial charge in [-0.15, -0.1) is 0 Å². The summed E-state index contributed by atoms with van der Waals surface area (Å²) in [6, 6.07) is 8.52. The van der Waals surface area contributed by atoms with Crippen molar-refractivity contribution in [3.8, 4) is 0 Å². The number of aliphatic hydroxyl groups excluding tert-OH is 1. The van der Waals surface area contributed by atoms with E-state index in [1.54, 1.807) is 20.0 Å². The minimum atomic E-state index is -1.20. The largest absolute Gasteiger partial charge is 0.458 e. The summed E-state index contributed by atoms with van der Waals surface area (Å²) in [6.45, 7) is 15.2. The quantitative estimate of drug-likeness (QED) is 0.234. The molecular formula is C40H58N4O9. The van der Waals surface area contributed by atoms with Crippen molar-refractivity contribution in [2.75, 3.05) is 13.2 Å². The van der Waals surface area contributed by atoms with Gasteiger partial charge in [0.15, 0.2) is 17.7 Å². The summed E-state index contributed by atoms with van der Waals surface area (Å²) in [5.41, 5.74) is 5.77. The zero-order valence-electron chi connectivity index (χ0n) is 32.2. The molecule has 13 nitrogen and oxygen atoms in total. The zero-order valence-corrected chi connectivity index (χ0v) is 32.2. The van der Waals surface area contributed by atoms with Gasteiger partial charge in [-0.2, -0.15) is 0 Å². The molecule has 0 radical (unpaired) electrons. The fraction of sp³-hybridized carbons (Fsp3) is 0.650. The number of nitrogens with one attached hydrogen (secondary N) is 2. The average Bonchev–Trinajstić information content (AvgIpc) is 3.44. The lowest BCUT2D eigenvalue weighted by atomic mass is 9.78. The SMILES string of the molecule is CC[C@H]1OC(=O)[C@H](C)C(=O)[C@H](C)[C@@H](O[C@@H]2OC(C)CC(N)C2O)[C@](C)(OC/C=C/c2cnc3ccccc3c2)C[C@@H](C)CN[C@H](C)[C@H]2NC(=O)O[C@@]21C. The van der Waals surface area contributed by atoms with Crippen LogP contribution in [-0.4, -0.2) is 101 Å². The molecule has 292 valence electrons. The number of fused-ring (bicyclic) bond motifs is 2. The second kappa shape index (κ2) is 16.9. The van der Waals surface area contributed by atoms with Crippen LogP contribution in [0.4, 0.5) is 4.79 Å². The molecule has 13 atom stereocenters. The van der Waals surface area contributed by atoms with Crippen LogP contribution in [0.3, 0.4) is 0 Å². The Balaban J connectivity index is 1.50. The number of rotatable bonds is 7. The summed E-state index contributed by atoms with van der Waals surface area (Å²) in [6.07, 6.45) is 1.82. The lowest BCUT2D eigenvalue weighted by Crippen LogP contribution is -2.60. The molecule has 13 heteroatoms. The first kappa shape index (κ1) is 40.7. The lowest BCUT2D eigenvalue weighted by molar-refractivity contribution is -0.290. The molecule has 0 bridgehead atoms. The summed E-state index contributed by atoms with van der Waals surface area (Å²) in [5.74, 6) is -3.33. The highest BCUT2D eigenvalue weighted by molar-refractivity contribution is 6.00. The number of carbonyl (C=O) groups excluding carboxylic acids is 3. The predicted octanol–water partition coefficient (Wildman–Crippen LogP) is 4.28. The molecule has 0 saturated carbocycles. The number of aliphatic hydroxyl groups is 1. The van der Waals surface area contributed by atoms with Gasteiger partial charge in [0.05, 0.1) is 36.0 Å². The number of ether oxygens (including phenoxy) is 5. The van der Waals surface area contributed by atoms with Crippen molar-refractivity contribution < 1.29 is 43.2 Å². The monoisotopic (exact) mass is 738 g/mol. The first-order valence-electron chi connectivity index (χ1n) is 18.9. The molecule has 1 aromatic heterocycles. The minimum Gasteiger partial charge on any atom is -0.458 e. The summed E-state index contributed by atoms with van der Waals surface area (Å²) < 4.78 is 31.3. The third kappa shape index (κ3) is 9.09. The highest BCUT2D eigenvalue weighted by Crippen LogP contribution is 2.37. The van der Waals surface area contributed by atoms with Crippen LogP contribution in [-0.2, 0) is 33.3 Å². The number of alkyl carbamates (subject to hydrolysis) is 1. The number of esters is 1. The molecular weight excluding hydrogens is 680 g/mol. The Hall–Kier alpha value is -3.46. The molecule has 3 unspecified atom stereocenters. The van der Waals surface area contributed by atoms with Crippen LogP contribution in [0.1, 0.15) is 80.2 Å². The number of benzene rings is 1. The Bertz CT molecular complexity index is 1640. The second-order valence-corrected chi connectivity index (χ2v) is 15.7. The second-order valence-electron chi connectivity index (χ2n) is 15.7. The number of cyclic esters (lactones) is 1. The molecule has 3 aliphatic heterocycles. The number of ketones is 1. The van der Waals surface area contributed by atoms with Crippen molar-refractivity contribution in [2.24, 2.45) is 23.5 Å². The van der Waals surface area contributed by atoms with Gasteiger partial charge in [0.1, 0.15) is 18.1 Å². The highest BCUT2D eigenvalue weighted by atomic mass is 16.7. The normalized spacial score (nSPS) is 39.1. The molecule has 4 heterocycles. The third-order valence-electron chi connectivity index (χ3n) is 11.2. The fourth-order valence-corrected chi connectivity index (χ4v) is 8.22. The van der Waals surface area contributed by atoms with Gasteiger partial charge in [-0.05, 0) is 84.0 Å². The van der Waals surface area contributed by atoms with Crippen molar-refractivity contribution in [1.29, 1.82) is 0 Å². The van der Waals surface area contributed by atoms with Crippen LogP contribution in [0, 0.1) is 17.8 Å². The Morgan fingerprint density at radius 2 is 1.85 bits per heavy atom. The van der Waals surface area contributed by atoms with E-state index in [1.807, 2.05) is 70.2 Å². The van der Waals surface area contributed by atoms with E-state index >= 15 is 0 Å². The number of Topliss-reactive ketones (excluding diaryl/α,β-unsaturated/α-hetero) is 1. The molecule has 1 aromatic carbocycles. The van der Waals surface area contributed by atoms with Gasteiger partial charge in [0.25, 0.3) is 0 Å². The van der Waals surface area contributed by atoms with E-state index in [-0.39, 0.29) is 24.7 Å². The van der Waals surface area contributed by atoms with E-state index in [9.17, 15) is 19.5 Å². The molecule has 1 amide bonds. The number of hydrogen-bond donors (Lipinski definition) is 4. The number of hydrogen-bond acceptors (Lipinski definition) is 12. The van der Waals surface area contributed by atoms with Crippen LogP contribution >= 0.6 is 0 Å². The minimum absolute atomic E-state index is 0.0467. The molecule has 5 rings (SSSR count). The number of amides is 1. The summed E-state index contributed by atoms with van der Waals surface area (Å²) in [5, 5.41) is 18.6. The molecule has 5 N–H and O–H groups in total. The summed E-state index contributed by atoms with van der Waals surface area (Å²) >= 11 is 0. The van der Waals surface area contributed by atoms with Crippen LogP contribution < -0.4 is 16.4 Å². The summed E-state index contributed by atoms with van der Waals surface area (Å²) in [4.78, 5) is 45.3. The van der Waals surface area contributed by atoms with Crippen molar-refractivity contribution in [3.05, 3.63) is 48.2 Å². The van der Waals surface area contributed by atoms with E-state index in [4.69, 9.17) is 29.4 Å². The number of aromatic nitrogens is 1. The maximum absolute atomic E-state index is 14.4. The standard InChI is InChI=1S/C40H58N4O9/c1-9-31-40(8)34(44-38(48)53-40)26(6)42-20-22(2)19-39(7,49-16-12-13-27-18-28-14-10-11-15-30(28)43-21-27)35(24(4)32(45)25(5)36(47)51-31)52-37-33(46)29(41)17-23(3)50-37/h10-15,18,21-26,29,31,33-35,37,42,46H,9,16-17,19-20,41H2,1-8H3,(H,44,48)/b13-12+/t22-,23?,24+,25-,26-,29?,31-,33?,34-,35-,37+,39-,40-/m1/s1. The summed E-state index contributed by atoms with van der Waals surface area (Å²) in [7, 11) is 0. The van der Waals surface area contributed by atoms with Gasteiger partial charge in [0.2, 0.25) is 0 Å². The number of nitrogens with two attached hydrogens (primary N) is 1. The number of nitrogens with zero attached hydrogens (tertiary/aromatic N) is 1. The predicted molar refractivity (Wildman–Crippen MR) is 200 cm³/mol. The Kier molecular flexibility index (Phi) is 13.0. The molecule has 2 aromatic rings. The van der Waals surface area contributed by atoms with Gasteiger partial charge >= 0.3 is 12.1 Å². The number of pyridine rings is 1. The molecule has 3 fully saturated rings. The van der Waals surface area contributed by atoms with Gasteiger partial charge in [-0.25, -0.2) is 4.79 Å². The van der Waals surface area contributed by atoms with E-state index in [0.29, 0.717) is 25.8 Å². The molecule has 3 aliphatic rings. The van der Waals surface area contributed by atoms with E-state index < -0.39 is 77.6 Å². The maximum atomic E-state index is 14.4. The van der Waals surface area contributed by atoms with Crippen molar-refractivity contribution >= 4 is 34.8 Å². The van der Waals surface area contributed by atoms with Crippen LogP contribution in [0.5, 0.6) is 0 Å². The third-order valence-corrected chi connectivity index (χ3v) is 11.2. The van der Waals surface area contributed by atoms with Gasteiger partial charge in [-0.1, -0.05) is 51.1 Å². The number of carbonyl (C=O) groups is 3. The molecule has 0 aliphatic carbocycles. The van der Waals surface area contributed by atoms with Crippen LogP contribution in [0.2, 0.25) is 0 Å². The van der Waals surface area contributed by atoms with Gasteiger partial charge < -0.3 is 45.2 Å². The topological polar surface area (TPSA) is 181 Å². The first-order chi connectivity index (χ1) is 25.1. The van der Waals surface area contributed by atoms with Crippen molar-refractivity contribution in [1.82, 2.24) is 15.6 Å². The molecule has 3 saturated heterocycles. The fourth-order valence-electron chi connectivity index (χ4n) is 8.22. The Morgan fingerprint density at radius 1 is 1.11 bits per heavy atom. The Morgan fingerprint density at radius 3 is 2.58 bits per heavy atom. The van der Waals surface area contributed by atoms with E-state index in [0.717, 1.165) is 16.5 Å². The van der Waals surface area contributed by atoms with Crippen molar-refractivity contribution in [3.63, 3.8) is 0 Å². The lowest BCUT2D eigenvalue weighted by Gasteiger charge is -2.45. The van der Waals surface area contributed by atoms with E-state index in [1.165, 1.54) is 6.92 Å². The number of para-hydroxylation sites is 1. The van der Waals surface area contributed by atoms with Gasteiger partial charge in [0, 0.05) is 29.6 Å². The van der Waals surface area contributed by atoms with Crippen LogP contribution in [0.15, 0.2) is 42.6 Å². The van der Waals surface area contributed by atoms with Crippen LogP contribution in [0.25, 0.3) is 17.0 Å². The maximum Gasteiger partial charge on any atom is 0.408 e. The average molecular weight is 739 g/mol. The first-order valence-corrected chi connectivity index (χ1v) is 18.9. The molecule has 53 heavy (non-hydrogen) atoms. The Labute approximate surface area is 312 Å². The highest BCUT2D eigenvalue weighted by Gasteiger charge is 2.55. The van der Waals surface area contributed by atoms with Gasteiger partial charge in [-0.3, -0.25) is 14.6 Å². The zero-order chi connectivity index (χ0) is 38.7. The smallest absolute Gasteiger partial charge is 0.408 e. The van der Waals surface area contributed by atoms with Crippen molar-refractivity contribution in [2.45, 2.75) is 135 Å². The van der Waals surface area contributed by atoms with E-state index in [2.05, 4.69) is 22.5 Å². The molecule has 0 spiro atoms.